The zero-order valence-corrected chi connectivity index (χ0v) is 21.0. The lowest BCUT2D eigenvalue weighted by Crippen LogP contribution is -2.24. The summed E-state index contributed by atoms with van der Waals surface area (Å²) in [5.74, 6) is 1.93. The molecule has 0 saturated heterocycles. The number of pyridine rings is 1. The molecule has 0 atom stereocenters. The van der Waals surface area contributed by atoms with Crippen molar-refractivity contribution in [1.29, 1.82) is 0 Å². The van der Waals surface area contributed by atoms with Crippen molar-refractivity contribution >= 4 is 11.6 Å². The predicted molar refractivity (Wildman–Crippen MR) is 135 cm³/mol. The predicted octanol–water partition coefficient (Wildman–Crippen LogP) is 5.07. The molecule has 0 spiro atoms. The van der Waals surface area contributed by atoms with Crippen LogP contribution in [0.15, 0.2) is 53.5 Å². The molecule has 9 heteroatoms. The van der Waals surface area contributed by atoms with Gasteiger partial charge in [0, 0.05) is 23.7 Å². The van der Waals surface area contributed by atoms with Gasteiger partial charge < -0.3 is 9.47 Å². The van der Waals surface area contributed by atoms with E-state index in [1.165, 1.54) is 4.57 Å². The molecule has 180 valence electrons. The minimum Gasteiger partial charge on any atom is -0.481 e. The molecule has 0 saturated carbocycles. The number of aromatic nitrogens is 5. The highest BCUT2D eigenvalue weighted by Crippen LogP contribution is 2.26. The summed E-state index contributed by atoms with van der Waals surface area (Å²) in [4.78, 5) is 31.1. The van der Waals surface area contributed by atoms with Gasteiger partial charge in [0.15, 0.2) is 5.02 Å². The second-order valence-corrected chi connectivity index (χ2v) is 8.71. The van der Waals surface area contributed by atoms with Crippen molar-refractivity contribution in [1.82, 2.24) is 24.5 Å². The highest BCUT2D eigenvalue weighted by molar-refractivity contribution is 6.31. The van der Waals surface area contributed by atoms with Crippen LogP contribution in [0.25, 0.3) is 16.9 Å². The zero-order valence-electron chi connectivity index (χ0n) is 20.2. The topological polar surface area (TPSA) is 92.0 Å². The average molecular weight is 492 g/mol. The maximum absolute atomic E-state index is 13.3. The molecule has 3 heterocycles. The van der Waals surface area contributed by atoms with Crippen molar-refractivity contribution in [3.63, 3.8) is 0 Å². The summed E-state index contributed by atoms with van der Waals surface area (Å²) in [5.41, 5.74) is 3.41. The van der Waals surface area contributed by atoms with Crippen LogP contribution in [0.3, 0.4) is 0 Å². The summed E-state index contributed by atoms with van der Waals surface area (Å²) in [7, 11) is 1.54. The summed E-state index contributed by atoms with van der Waals surface area (Å²) >= 11 is 6.42. The van der Waals surface area contributed by atoms with Gasteiger partial charge in [-0.3, -0.25) is 9.36 Å². The van der Waals surface area contributed by atoms with E-state index in [0.29, 0.717) is 23.1 Å². The highest BCUT2D eigenvalue weighted by Gasteiger charge is 2.18. The minimum absolute atomic E-state index is 0.0567. The normalized spacial score (nSPS) is 11.1. The van der Waals surface area contributed by atoms with E-state index >= 15 is 0 Å². The summed E-state index contributed by atoms with van der Waals surface area (Å²) in [6.45, 7) is 7.85. The van der Waals surface area contributed by atoms with Gasteiger partial charge >= 0.3 is 0 Å². The summed E-state index contributed by atoms with van der Waals surface area (Å²) in [6.07, 6.45) is 1.75. The van der Waals surface area contributed by atoms with Gasteiger partial charge in [-0.05, 0) is 37.6 Å². The molecule has 4 rings (SSSR count). The van der Waals surface area contributed by atoms with Crippen LogP contribution in [-0.2, 0) is 6.61 Å². The fraction of sp³-hybridized carbons (Fsp3) is 0.269. The van der Waals surface area contributed by atoms with E-state index in [1.54, 1.807) is 38.4 Å². The SMILES string of the molecule is COc1cccc(COc2nc(C)n(-c3cc(-c4ccnc(C(C)C)n4)ccc3C)c(=O)c2Cl)n1. The lowest BCUT2D eigenvalue weighted by Gasteiger charge is -2.16. The number of hydrogen-bond donors (Lipinski definition) is 0. The Morgan fingerprint density at radius 2 is 1.86 bits per heavy atom. The van der Waals surface area contributed by atoms with Gasteiger partial charge in [0.1, 0.15) is 18.3 Å². The monoisotopic (exact) mass is 491 g/mol. The van der Waals surface area contributed by atoms with Gasteiger partial charge in [0.25, 0.3) is 5.56 Å². The first kappa shape index (κ1) is 24.3. The summed E-state index contributed by atoms with van der Waals surface area (Å²) in [5, 5.41) is -0.104. The smallest absolute Gasteiger partial charge is 0.280 e. The molecule has 0 aliphatic rings. The van der Waals surface area contributed by atoms with Crippen molar-refractivity contribution in [2.75, 3.05) is 7.11 Å². The highest BCUT2D eigenvalue weighted by atomic mass is 35.5. The van der Waals surface area contributed by atoms with Gasteiger partial charge in [0.2, 0.25) is 11.8 Å². The Morgan fingerprint density at radius 3 is 2.60 bits per heavy atom. The molecule has 3 aromatic heterocycles. The van der Waals surface area contributed by atoms with Crippen LogP contribution in [0.2, 0.25) is 5.02 Å². The minimum atomic E-state index is -0.418. The van der Waals surface area contributed by atoms with E-state index in [0.717, 1.165) is 22.6 Å². The lowest BCUT2D eigenvalue weighted by atomic mass is 10.1. The third-order valence-electron chi connectivity index (χ3n) is 5.45. The lowest BCUT2D eigenvalue weighted by molar-refractivity contribution is 0.284. The van der Waals surface area contributed by atoms with Gasteiger partial charge in [-0.1, -0.05) is 43.6 Å². The second-order valence-electron chi connectivity index (χ2n) is 8.33. The first-order valence-corrected chi connectivity index (χ1v) is 11.5. The summed E-state index contributed by atoms with van der Waals surface area (Å²) in [6, 6.07) is 13.0. The number of hydrogen-bond acceptors (Lipinski definition) is 7. The Kier molecular flexibility index (Phi) is 7.12. The van der Waals surface area contributed by atoms with Crippen LogP contribution >= 0.6 is 11.6 Å². The number of rotatable bonds is 7. The molecule has 0 amide bonds. The molecule has 35 heavy (non-hydrogen) atoms. The van der Waals surface area contributed by atoms with Crippen LogP contribution in [0.4, 0.5) is 0 Å². The van der Waals surface area contributed by atoms with E-state index in [-0.39, 0.29) is 23.4 Å². The molecule has 8 nitrogen and oxygen atoms in total. The fourth-order valence-electron chi connectivity index (χ4n) is 3.58. The first-order valence-electron chi connectivity index (χ1n) is 11.1. The Balaban J connectivity index is 1.70. The third kappa shape index (κ3) is 5.17. The number of methoxy groups -OCH3 is 1. The molecule has 0 radical (unpaired) electrons. The fourth-order valence-corrected chi connectivity index (χ4v) is 3.76. The van der Waals surface area contributed by atoms with E-state index in [1.807, 2.05) is 45.0 Å². The van der Waals surface area contributed by atoms with E-state index in [9.17, 15) is 4.79 Å². The number of ether oxygens (including phenoxy) is 2. The van der Waals surface area contributed by atoms with Gasteiger partial charge in [-0.25, -0.2) is 15.0 Å². The average Bonchev–Trinajstić information content (AvgIpc) is 2.86. The largest absolute Gasteiger partial charge is 0.481 e. The Morgan fingerprint density at radius 1 is 1.06 bits per heavy atom. The van der Waals surface area contributed by atoms with Crippen molar-refractivity contribution < 1.29 is 9.47 Å². The summed E-state index contributed by atoms with van der Waals surface area (Å²) < 4.78 is 12.4. The molecule has 0 aliphatic heterocycles. The number of aryl methyl sites for hydroxylation is 2. The molecule has 0 aliphatic carbocycles. The van der Waals surface area contributed by atoms with E-state index in [4.69, 9.17) is 21.1 Å². The third-order valence-corrected chi connectivity index (χ3v) is 5.77. The first-order chi connectivity index (χ1) is 16.8. The Bertz CT molecular complexity index is 1440. The van der Waals surface area contributed by atoms with Gasteiger partial charge in [0.05, 0.1) is 24.2 Å². The molecule has 0 bridgehead atoms. The standard InChI is InChI=1S/C26H26ClN5O3/c1-15(2)24-28-12-11-20(31-24)18-10-9-16(3)21(13-18)32-17(4)29-25(23(27)26(32)33)35-14-19-7-6-8-22(30-19)34-5/h6-13,15H,14H2,1-5H3. The molecule has 1 aromatic carbocycles. The molecule has 0 N–H and O–H groups in total. The van der Waals surface area contributed by atoms with Crippen molar-refractivity contribution in [3.8, 4) is 28.7 Å². The number of benzene rings is 1. The van der Waals surface area contributed by atoms with Crippen LogP contribution in [0.1, 0.15) is 42.7 Å². The number of halogens is 1. The Hall–Kier alpha value is -3.78. The second kappa shape index (κ2) is 10.2. The number of nitrogens with zero attached hydrogens (tertiary/aromatic N) is 5. The molecule has 0 unspecified atom stereocenters. The molecular formula is C26H26ClN5O3. The van der Waals surface area contributed by atoms with Crippen molar-refractivity contribution in [3.05, 3.63) is 86.9 Å². The molecule has 0 fully saturated rings. The van der Waals surface area contributed by atoms with Gasteiger partial charge in [-0.2, -0.15) is 4.98 Å². The molecule has 4 aromatic rings. The van der Waals surface area contributed by atoms with E-state index < -0.39 is 5.56 Å². The van der Waals surface area contributed by atoms with Crippen LogP contribution in [0, 0.1) is 13.8 Å². The van der Waals surface area contributed by atoms with Crippen LogP contribution in [-0.4, -0.2) is 31.6 Å². The van der Waals surface area contributed by atoms with E-state index in [2.05, 4.69) is 19.9 Å². The quantitative estimate of drug-likeness (QED) is 0.356. The van der Waals surface area contributed by atoms with Crippen molar-refractivity contribution in [2.45, 2.75) is 40.2 Å². The van der Waals surface area contributed by atoms with Gasteiger partial charge in [-0.15, -0.1) is 0 Å². The molecular weight excluding hydrogens is 466 g/mol. The van der Waals surface area contributed by atoms with Crippen LogP contribution < -0.4 is 15.0 Å². The Labute approximate surface area is 208 Å². The maximum Gasteiger partial charge on any atom is 0.280 e. The van der Waals surface area contributed by atoms with Crippen molar-refractivity contribution in [2.24, 2.45) is 0 Å². The zero-order chi connectivity index (χ0) is 25.1. The van der Waals surface area contributed by atoms with Crippen LogP contribution in [0.5, 0.6) is 11.8 Å². The maximum atomic E-state index is 13.3.